The molecule has 0 aliphatic rings. The summed E-state index contributed by atoms with van der Waals surface area (Å²) in [7, 11) is 0. The quantitative estimate of drug-likeness (QED) is 0.167. The Morgan fingerprint density at radius 3 is 1.27 bits per heavy atom. The molecule has 326 valence electrons. The first-order valence-corrected chi connectivity index (χ1v) is 23.1. The zero-order chi connectivity index (χ0) is 52.8. The molecule has 15 aromatic rings. The Morgan fingerprint density at radius 1 is 0.300 bits per heavy atom. The Bertz CT molecular complexity index is 4890. The molecule has 0 aliphatic carbocycles. The zero-order valence-electron chi connectivity index (χ0n) is 45.0. The van der Waals surface area contributed by atoms with Crippen molar-refractivity contribution in [3.8, 4) is 45.8 Å². The zero-order valence-corrected chi connectivity index (χ0v) is 37.0. The highest BCUT2D eigenvalue weighted by Crippen LogP contribution is 2.45. The first kappa shape index (κ1) is 31.4. The molecule has 15 rings (SSSR count). The van der Waals surface area contributed by atoms with Crippen LogP contribution in [0.2, 0.25) is 0 Å². The van der Waals surface area contributed by atoms with Gasteiger partial charge in [-0.25, -0.2) is 0 Å². The molecule has 0 N–H and O–H groups in total. The van der Waals surface area contributed by atoms with E-state index in [9.17, 15) is 5.48 Å². The molecule has 0 amide bonds. The Hall–Kier alpha value is -9.59. The molecule has 0 spiro atoms. The van der Waals surface area contributed by atoms with Gasteiger partial charge in [-0.1, -0.05) is 176 Å². The number of hydrogen-bond donors (Lipinski definition) is 0. The van der Waals surface area contributed by atoms with Crippen molar-refractivity contribution in [1.82, 2.24) is 33.2 Å². The van der Waals surface area contributed by atoms with Crippen LogP contribution < -0.4 is 0 Å². The normalized spacial score (nSPS) is 13.6. The maximum Gasteiger partial charge on any atom is 0.240 e. The highest BCUT2D eigenvalue weighted by molar-refractivity contribution is 6.16. The van der Waals surface area contributed by atoms with E-state index in [0.717, 1.165) is 66.1 Å². The summed E-state index contributed by atoms with van der Waals surface area (Å²) in [6.45, 7) is 0. The summed E-state index contributed by atoms with van der Waals surface area (Å²) >= 11 is 0. The average Bonchev–Trinajstić information content (AvgIpc) is 4.40. The minimum Gasteiger partial charge on any atom is -0.309 e. The second kappa shape index (κ2) is 15.0. The number of benzene rings is 10. The van der Waals surface area contributed by atoms with Gasteiger partial charge in [0.05, 0.1) is 66.4 Å². The van der Waals surface area contributed by atoms with E-state index >= 15 is 0 Å². The van der Waals surface area contributed by atoms with Gasteiger partial charge < -0.3 is 9.13 Å². The summed E-state index contributed by atoms with van der Waals surface area (Å²) in [5.41, 5.74) is 9.07. The van der Waals surface area contributed by atoms with Crippen LogP contribution in [0.25, 0.3) is 133 Å². The van der Waals surface area contributed by atoms with Crippen molar-refractivity contribution in [3.05, 3.63) is 236 Å². The molecule has 7 heteroatoms. The smallest absolute Gasteiger partial charge is 0.240 e. The Kier molecular flexibility index (Phi) is 6.71. The molecule has 0 fully saturated rings. The molecule has 0 saturated carbocycles. The van der Waals surface area contributed by atoms with E-state index < -0.39 is 12.1 Å². The van der Waals surface area contributed by atoms with E-state index in [1.807, 2.05) is 103 Å². The maximum atomic E-state index is 9.53. The standard InChI is InChI=1S/C63H39N7/c1-2-20-40(21-3-1)67-51-32-11-10-28-47(51)49-30-18-31-50(60(49)67)48-29-19-39-58(68-52-33-12-4-22-41(52)42-23-5-13-34-53(42)68)59(48)61-64-62(69-54-35-14-6-24-43(54)44-25-7-15-36-55(44)69)66-63(65-61)70-56-37-16-8-26-45(56)46-27-9-17-38-57(46)70/h1-39H/i6D,8D,14D,16D,24D,26D,35D,37D. The van der Waals surface area contributed by atoms with Gasteiger partial charge in [0.1, 0.15) is 0 Å². The van der Waals surface area contributed by atoms with Crippen LogP contribution in [-0.2, 0) is 0 Å². The van der Waals surface area contributed by atoms with Crippen LogP contribution >= 0.6 is 0 Å². The molecular weight excluding hydrogens is 855 g/mol. The number of fused-ring (bicyclic) bond motifs is 12. The molecule has 0 aliphatic heterocycles. The van der Waals surface area contributed by atoms with Gasteiger partial charge in [0.15, 0.2) is 5.82 Å². The van der Waals surface area contributed by atoms with Gasteiger partial charge in [0.25, 0.3) is 0 Å². The minimum atomic E-state index is -0.426. The van der Waals surface area contributed by atoms with E-state index in [1.165, 1.54) is 0 Å². The maximum absolute atomic E-state index is 9.53. The number of hydrogen-bond acceptors (Lipinski definition) is 3. The summed E-state index contributed by atoms with van der Waals surface area (Å²) < 4.78 is 81.1. The summed E-state index contributed by atoms with van der Waals surface area (Å²) in [6.07, 6.45) is 0. The third kappa shape index (κ3) is 5.48. The fraction of sp³-hybridized carbons (Fsp3) is 0. The minimum absolute atomic E-state index is 0.0116. The second-order valence-electron chi connectivity index (χ2n) is 17.4. The number of aromatic nitrogens is 7. The van der Waals surface area contributed by atoms with Crippen molar-refractivity contribution < 1.29 is 11.0 Å². The van der Waals surface area contributed by atoms with Crippen LogP contribution in [0.5, 0.6) is 0 Å². The lowest BCUT2D eigenvalue weighted by atomic mass is 9.95. The van der Waals surface area contributed by atoms with E-state index in [2.05, 4.69) is 94.1 Å². The molecular formula is C63H39N7. The fourth-order valence-corrected chi connectivity index (χ4v) is 10.9. The van der Waals surface area contributed by atoms with Crippen molar-refractivity contribution in [2.24, 2.45) is 0 Å². The largest absolute Gasteiger partial charge is 0.309 e. The predicted octanol–water partition coefficient (Wildman–Crippen LogP) is 15.6. The molecule has 5 aromatic heterocycles. The van der Waals surface area contributed by atoms with Crippen molar-refractivity contribution in [1.29, 1.82) is 0 Å². The summed E-state index contributed by atoms with van der Waals surface area (Å²) in [5, 5.41) is 5.85. The molecule has 0 unspecified atom stereocenters. The number of rotatable bonds is 6. The van der Waals surface area contributed by atoms with E-state index in [1.54, 1.807) is 9.13 Å². The van der Waals surface area contributed by atoms with Crippen molar-refractivity contribution in [3.63, 3.8) is 0 Å². The molecule has 0 bridgehead atoms. The van der Waals surface area contributed by atoms with Crippen LogP contribution in [0.1, 0.15) is 11.0 Å². The lowest BCUT2D eigenvalue weighted by molar-refractivity contribution is 0.892. The van der Waals surface area contributed by atoms with Crippen molar-refractivity contribution >= 4 is 87.2 Å². The van der Waals surface area contributed by atoms with Crippen LogP contribution in [-0.4, -0.2) is 33.2 Å². The summed E-state index contributed by atoms with van der Waals surface area (Å²) in [6, 6.07) is 59.7. The van der Waals surface area contributed by atoms with Crippen LogP contribution in [0, 0.1) is 0 Å². The van der Waals surface area contributed by atoms with Crippen molar-refractivity contribution in [2.75, 3.05) is 0 Å². The second-order valence-corrected chi connectivity index (χ2v) is 17.4. The third-order valence-corrected chi connectivity index (χ3v) is 13.7. The van der Waals surface area contributed by atoms with Gasteiger partial charge in [-0.3, -0.25) is 9.13 Å². The van der Waals surface area contributed by atoms with Gasteiger partial charge in [-0.2, -0.15) is 15.0 Å². The molecule has 5 heterocycles. The molecule has 10 aromatic carbocycles. The van der Waals surface area contributed by atoms with Crippen LogP contribution in [0.4, 0.5) is 0 Å². The first-order chi connectivity index (χ1) is 38.1. The number of nitrogens with zero attached hydrogens (tertiary/aromatic N) is 7. The van der Waals surface area contributed by atoms with Gasteiger partial charge in [-0.05, 0) is 66.2 Å². The first-order valence-electron chi connectivity index (χ1n) is 27.1. The topological polar surface area (TPSA) is 58.4 Å². The van der Waals surface area contributed by atoms with Crippen molar-refractivity contribution in [2.45, 2.75) is 0 Å². The van der Waals surface area contributed by atoms with E-state index in [-0.39, 0.29) is 75.8 Å². The molecule has 0 radical (unpaired) electrons. The monoisotopic (exact) mass is 901 g/mol. The lowest BCUT2D eigenvalue weighted by Crippen LogP contribution is -2.11. The highest BCUT2D eigenvalue weighted by Gasteiger charge is 2.27. The van der Waals surface area contributed by atoms with E-state index in [4.69, 9.17) is 20.4 Å². The lowest BCUT2D eigenvalue weighted by Gasteiger charge is -2.20. The highest BCUT2D eigenvalue weighted by atomic mass is 15.3. The van der Waals surface area contributed by atoms with Crippen LogP contribution in [0.15, 0.2) is 236 Å². The summed E-state index contributed by atoms with van der Waals surface area (Å²) in [5.74, 6) is 0.204. The SMILES string of the molecule is [2H]c1c([2H])c([2H])c2c(c1[2H])c1ccccc1n2-c1nc(-c2c(-c3cccc4c5ccccc5n(-c5ccccc5)c34)cccc2-n2c3ccccc3c3ccccc32)nc(-n2c3ccccc3c3c([2H])c([2H])c([2H])c([2H])c32)n1. The average molecular weight is 902 g/mol. The van der Waals surface area contributed by atoms with Crippen LogP contribution in [0.3, 0.4) is 0 Å². The predicted molar refractivity (Wildman–Crippen MR) is 288 cm³/mol. The number of para-hydroxylation sites is 9. The Morgan fingerprint density at radius 2 is 0.714 bits per heavy atom. The molecule has 0 atom stereocenters. The molecule has 0 saturated heterocycles. The van der Waals surface area contributed by atoms with Gasteiger partial charge in [-0.15, -0.1) is 0 Å². The Balaban J connectivity index is 1.17. The van der Waals surface area contributed by atoms with Gasteiger partial charge >= 0.3 is 0 Å². The summed E-state index contributed by atoms with van der Waals surface area (Å²) in [4.78, 5) is 16.4. The molecule has 7 nitrogen and oxygen atoms in total. The Labute approximate surface area is 412 Å². The third-order valence-electron chi connectivity index (χ3n) is 13.7. The van der Waals surface area contributed by atoms with Gasteiger partial charge in [0.2, 0.25) is 11.9 Å². The fourth-order valence-electron chi connectivity index (χ4n) is 10.9. The molecule has 70 heavy (non-hydrogen) atoms. The van der Waals surface area contributed by atoms with E-state index in [0.29, 0.717) is 27.4 Å². The van der Waals surface area contributed by atoms with Gasteiger partial charge in [0, 0.05) is 54.3 Å².